The van der Waals surface area contributed by atoms with Crippen LogP contribution in [0, 0.1) is 20.2 Å². The van der Waals surface area contributed by atoms with E-state index in [1.165, 1.54) is 12.8 Å². The second-order valence-electron chi connectivity index (χ2n) is 9.89. The highest BCUT2D eigenvalue weighted by Gasteiger charge is 2.25. The molecule has 0 aromatic heterocycles. The lowest BCUT2D eigenvalue weighted by molar-refractivity contribution is -0.385. The van der Waals surface area contributed by atoms with Gasteiger partial charge < -0.3 is 19.6 Å². The predicted octanol–water partition coefficient (Wildman–Crippen LogP) is 6.68. The average molecular weight is 569 g/mol. The number of aliphatic hydroxyl groups excluding tert-OH is 1. The summed E-state index contributed by atoms with van der Waals surface area (Å²) < 4.78 is 5.65. The third kappa shape index (κ3) is 11.0. The Labute approximate surface area is 243 Å². The number of aliphatic hydroxyl groups is 1. The van der Waals surface area contributed by atoms with Gasteiger partial charge in [-0.1, -0.05) is 19.1 Å². The quantitative estimate of drug-likeness (QED) is 0.130. The molecule has 2 atom stereocenters. The minimum atomic E-state index is -0.371. The summed E-state index contributed by atoms with van der Waals surface area (Å²) >= 11 is 0. The molecule has 2 aliphatic rings. The van der Waals surface area contributed by atoms with Crippen LogP contribution in [-0.4, -0.2) is 59.9 Å². The number of ether oxygens (including phenoxy) is 1. The van der Waals surface area contributed by atoms with E-state index in [9.17, 15) is 20.2 Å². The fraction of sp³-hybridized carbons (Fsp3) is 0.484. The van der Waals surface area contributed by atoms with Crippen molar-refractivity contribution in [2.24, 2.45) is 0 Å². The van der Waals surface area contributed by atoms with E-state index in [2.05, 4.69) is 29.9 Å². The second-order valence-corrected chi connectivity index (χ2v) is 9.89. The predicted molar refractivity (Wildman–Crippen MR) is 165 cm³/mol. The van der Waals surface area contributed by atoms with Crippen molar-refractivity contribution < 1.29 is 19.7 Å². The molecule has 2 saturated heterocycles. The summed E-state index contributed by atoms with van der Waals surface area (Å²) in [6.45, 7) is 12.9. The number of rotatable bonds is 12. The van der Waals surface area contributed by atoms with E-state index in [1.54, 1.807) is 30.3 Å². The van der Waals surface area contributed by atoms with Gasteiger partial charge in [0.05, 0.1) is 29.1 Å². The molecule has 2 aromatic carbocycles. The van der Waals surface area contributed by atoms with E-state index in [0.717, 1.165) is 50.1 Å². The monoisotopic (exact) mass is 568 g/mol. The maximum Gasteiger partial charge on any atom is 0.269 e. The van der Waals surface area contributed by atoms with Crippen LogP contribution in [0.1, 0.15) is 51.9 Å². The molecule has 0 aliphatic carbocycles. The molecule has 2 heterocycles. The number of nitro groups is 2. The number of nitrogens with zero attached hydrogens (tertiary/aromatic N) is 4. The lowest BCUT2D eigenvalue weighted by atomic mass is 10.1. The topological polar surface area (TPSA) is 122 Å². The van der Waals surface area contributed by atoms with Crippen molar-refractivity contribution in [1.82, 2.24) is 0 Å². The number of benzene rings is 2. The number of non-ortho nitro benzene ring substituents is 2. The zero-order valence-electron chi connectivity index (χ0n) is 24.1. The molecule has 2 aliphatic heterocycles. The Morgan fingerprint density at radius 2 is 1.32 bits per heavy atom. The maximum absolute atomic E-state index is 10.7. The fourth-order valence-corrected chi connectivity index (χ4v) is 4.96. The molecule has 2 fully saturated rings. The van der Waals surface area contributed by atoms with Crippen molar-refractivity contribution in [3.63, 3.8) is 0 Å². The van der Waals surface area contributed by atoms with Gasteiger partial charge in [0.2, 0.25) is 0 Å². The fourth-order valence-electron chi connectivity index (χ4n) is 4.96. The van der Waals surface area contributed by atoms with Gasteiger partial charge in [-0.25, -0.2) is 0 Å². The summed E-state index contributed by atoms with van der Waals surface area (Å²) in [6, 6.07) is 14.6. The smallest absolute Gasteiger partial charge is 0.269 e. The summed E-state index contributed by atoms with van der Waals surface area (Å²) in [6.07, 6.45) is 10.9. The summed E-state index contributed by atoms with van der Waals surface area (Å²) in [7, 11) is 0. The van der Waals surface area contributed by atoms with Crippen molar-refractivity contribution >= 4 is 22.7 Å². The highest BCUT2D eigenvalue weighted by molar-refractivity contribution is 5.53. The largest absolute Gasteiger partial charge is 0.396 e. The normalized spacial score (nSPS) is 17.6. The van der Waals surface area contributed by atoms with Gasteiger partial charge in [0.25, 0.3) is 11.4 Å². The number of nitro benzene ring substituents is 2. The minimum Gasteiger partial charge on any atom is -0.396 e. The Hall–Kier alpha value is -3.76. The van der Waals surface area contributed by atoms with E-state index in [0.29, 0.717) is 31.7 Å². The lowest BCUT2D eigenvalue weighted by Gasteiger charge is -2.26. The Kier molecular flexibility index (Phi) is 15.1. The van der Waals surface area contributed by atoms with Gasteiger partial charge in [-0.2, -0.15) is 0 Å². The molecular formula is C31H44N4O6. The van der Waals surface area contributed by atoms with Gasteiger partial charge in [0.15, 0.2) is 0 Å². The van der Waals surface area contributed by atoms with E-state index >= 15 is 0 Å². The maximum atomic E-state index is 10.7. The second kappa shape index (κ2) is 18.6. The van der Waals surface area contributed by atoms with Crippen molar-refractivity contribution in [2.75, 3.05) is 42.7 Å². The molecule has 1 N–H and O–H groups in total. The Balaban J connectivity index is 0.000000251. The molecule has 2 unspecified atom stereocenters. The lowest BCUT2D eigenvalue weighted by Crippen LogP contribution is -2.33. The minimum absolute atomic E-state index is 0.131. The zero-order valence-corrected chi connectivity index (χ0v) is 24.1. The molecule has 0 saturated carbocycles. The van der Waals surface area contributed by atoms with E-state index in [1.807, 2.05) is 30.3 Å². The molecule has 10 heteroatoms. The first-order chi connectivity index (χ1) is 19.9. The Morgan fingerprint density at radius 3 is 1.71 bits per heavy atom. The third-order valence-corrected chi connectivity index (χ3v) is 7.12. The molecule has 4 rings (SSSR count). The molecule has 224 valence electrons. The first kappa shape index (κ1) is 33.4. The zero-order chi connectivity index (χ0) is 30.0. The van der Waals surface area contributed by atoms with Crippen LogP contribution in [0.4, 0.5) is 22.7 Å². The third-order valence-electron chi connectivity index (χ3n) is 7.12. The SMILES string of the molecule is C=CCCO.C=CCCOCC1CCCN1c1ccc([N+](=O)[O-])cc1.CCC1CCCN1c1ccc([N+](=O)[O-])cc1. The van der Waals surface area contributed by atoms with Crippen LogP contribution in [0.2, 0.25) is 0 Å². The first-order valence-electron chi connectivity index (χ1n) is 14.3. The van der Waals surface area contributed by atoms with Gasteiger partial charge in [0.1, 0.15) is 0 Å². The van der Waals surface area contributed by atoms with Crippen LogP contribution >= 0.6 is 0 Å². The number of hydrogen-bond acceptors (Lipinski definition) is 8. The van der Waals surface area contributed by atoms with Crippen molar-refractivity contribution in [2.45, 2.75) is 64.0 Å². The Morgan fingerprint density at radius 1 is 0.854 bits per heavy atom. The van der Waals surface area contributed by atoms with Crippen LogP contribution in [-0.2, 0) is 4.74 Å². The summed E-state index contributed by atoms with van der Waals surface area (Å²) in [5.41, 5.74) is 2.43. The highest BCUT2D eigenvalue weighted by Crippen LogP contribution is 2.29. The van der Waals surface area contributed by atoms with Gasteiger partial charge >= 0.3 is 0 Å². The highest BCUT2D eigenvalue weighted by atomic mass is 16.6. The number of hydrogen-bond donors (Lipinski definition) is 1. The van der Waals surface area contributed by atoms with Gasteiger partial charge in [-0.15, -0.1) is 13.2 Å². The molecule has 41 heavy (non-hydrogen) atoms. The van der Waals surface area contributed by atoms with Crippen molar-refractivity contribution in [1.29, 1.82) is 0 Å². The van der Waals surface area contributed by atoms with Crippen LogP contribution in [0.5, 0.6) is 0 Å². The van der Waals surface area contributed by atoms with Gasteiger partial charge in [-0.05, 0) is 69.2 Å². The molecule has 0 bridgehead atoms. The first-order valence-corrected chi connectivity index (χ1v) is 14.3. The summed E-state index contributed by atoms with van der Waals surface area (Å²) in [5.74, 6) is 0. The standard InChI is InChI=1S/C15H20N2O3.C12H16N2O2.C4H8O/c1-2-3-11-20-12-15-5-4-10-16(15)13-6-8-14(9-7-13)17(18)19;1-2-10-4-3-9-13(10)11-5-7-12(8-6-11)14(15)16;1-2-3-4-5/h2,6-9,15H,1,3-5,10-12H2;5-8,10H,2-4,9H2,1H3;2,5H,1,3-4H2. The molecule has 2 aromatic rings. The summed E-state index contributed by atoms with van der Waals surface area (Å²) in [4.78, 5) is 25.1. The van der Waals surface area contributed by atoms with Crippen LogP contribution in [0.15, 0.2) is 73.8 Å². The molecule has 0 amide bonds. The molecule has 0 radical (unpaired) electrons. The van der Waals surface area contributed by atoms with Crippen LogP contribution in [0.25, 0.3) is 0 Å². The van der Waals surface area contributed by atoms with Crippen LogP contribution < -0.4 is 9.80 Å². The molecular weight excluding hydrogens is 524 g/mol. The van der Waals surface area contributed by atoms with E-state index in [-0.39, 0.29) is 27.8 Å². The number of anilines is 2. The molecule has 0 spiro atoms. The van der Waals surface area contributed by atoms with Crippen molar-refractivity contribution in [3.8, 4) is 0 Å². The van der Waals surface area contributed by atoms with Crippen LogP contribution in [0.3, 0.4) is 0 Å². The van der Waals surface area contributed by atoms with E-state index in [4.69, 9.17) is 9.84 Å². The van der Waals surface area contributed by atoms with Gasteiger partial charge in [-0.3, -0.25) is 20.2 Å². The Bertz CT molecular complexity index is 1080. The summed E-state index contributed by atoms with van der Waals surface area (Å²) in [5, 5.41) is 29.2. The molecule has 10 nitrogen and oxygen atoms in total. The van der Waals surface area contributed by atoms with Crippen molar-refractivity contribution in [3.05, 3.63) is 94.1 Å². The van der Waals surface area contributed by atoms with E-state index < -0.39 is 0 Å². The average Bonchev–Trinajstić information content (AvgIpc) is 3.66. The van der Waals surface area contributed by atoms with Gasteiger partial charge in [0, 0.05) is 61.4 Å².